The van der Waals surface area contributed by atoms with Crippen LogP contribution >= 0.6 is 11.3 Å². The van der Waals surface area contributed by atoms with E-state index < -0.39 is 0 Å². The molecule has 0 amide bonds. The third-order valence-electron chi connectivity index (χ3n) is 5.01. The summed E-state index contributed by atoms with van der Waals surface area (Å²) in [5, 5.41) is 2.11. The summed E-state index contributed by atoms with van der Waals surface area (Å²) >= 11 is 1.72. The van der Waals surface area contributed by atoms with Gasteiger partial charge in [0.1, 0.15) is 0 Å². The van der Waals surface area contributed by atoms with Crippen molar-refractivity contribution >= 4 is 11.3 Å². The number of hydrogen-bond acceptors (Lipinski definition) is 2. The summed E-state index contributed by atoms with van der Waals surface area (Å²) in [6.07, 6.45) is 0. The molecule has 0 bridgehead atoms. The third-order valence-corrected chi connectivity index (χ3v) is 5.87. The van der Waals surface area contributed by atoms with E-state index in [-0.39, 0.29) is 0 Å². The van der Waals surface area contributed by atoms with Gasteiger partial charge in [0.05, 0.1) is 16.3 Å². The predicted molar refractivity (Wildman–Crippen MR) is 122 cm³/mol. The van der Waals surface area contributed by atoms with Crippen LogP contribution in [0.5, 0.6) is 0 Å². The molecule has 3 aromatic carbocycles. The summed E-state index contributed by atoms with van der Waals surface area (Å²) in [6.45, 7) is 2.12. The molecule has 0 radical (unpaired) electrons. The molecule has 0 unspecified atom stereocenters. The average molecular weight is 393 g/mol. The van der Waals surface area contributed by atoms with Crippen molar-refractivity contribution in [3.05, 3.63) is 108 Å². The molecule has 0 spiro atoms. The van der Waals surface area contributed by atoms with Crippen LogP contribution < -0.4 is 0 Å². The maximum atomic E-state index is 5.17. The van der Waals surface area contributed by atoms with Crippen molar-refractivity contribution in [3.63, 3.8) is 0 Å². The number of rotatable bonds is 4. The highest BCUT2D eigenvalue weighted by Crippen LogP contribution is 2.39. The molecule has 0 fully saturated rings. The summed E-state index contributed by atoms with van der Waals surface area (Å²) in [5.74, 6) is 0.974. The zero-order chi connectivity index (χ0) is 19.6. The number of aromatic nitrogens is 2. The highest BCUT2D eigenvalue weighted by Gasteiger charge is 2.22. The second-order valence-corrected chi connectivity index (χ2v) is 7.96. The van der Waals surface area contributed by atoms with E-state index in [2.05, 4.69) is 108 Å². The molecule has 0 saturated carbocycles. The van der Waals surface area contributed by atoms with Gasteiger partial charge in [0.25, 0.3) is 0 Å². The molecule has 0 aliphatic rings. The van der Waals surface area contributed by atoms with Gasteiger partial charge < -0.3 is 0 Å². The van der Waals surface area contributed by atoms with Gasteiger partial charge >= 0.3 is 0 Å². The van der Waals surface area contributed by atoms with E-state index in [1.54, 1.807) is 11.3 Å². The van der Waals surface area contributed by atoms with E-state index >= 15 is 0 Å². The first-order chi connectivity index (χ1) is 14.3. The lowest BCUT2D eigenvalue weighted by molar-refractivity contribution is 1.08. The van der Waals surface area contributed by atoms with Gasteiger partial charge in [0.2, 0.25) is 0 Å². The minimum atomic E-state index is 0.974. The van der Waals surface area contributed by atoms with Crippen molar-refractivity contribution in [2.45, 2.75) is 6.92 Å². The highest BCUT2D eigenvalue weighted by atomic mass is 32.1. The number of benzene rings is 3. The maximum Gasteiger partial charge on any atom is 0.155 e. The first-order valence-electron chi connectivity index (χ1n) is 9.66. The predicted octanol–water partition coefficient (Wildman–Crippen LogP) is 7.24. The molecule has 0 saturated heterocycles. The smallest absolute Gasteiger partial charge is 0.155 e. The van der Waals surface area contributed by atoms with Crippen molar-refractivity contribution in [3.8, 4) is 38.9 Å². The Morgan fingerprint density at radius 1 is 0.690 bits per heavy atom. The lowest BCUT2D eigenvalue weighted by atomic mass is 10.0. The Balaban J connectivity index is 1.88. The van der Waals surface area contributed by atoms with Crippen molar-refractivity contribution in [1.82, 2.24) is 9.55 Å². The Hall–Kier alpha value is -3.43. The molecular weight excluding hydrogens is 372 g/mol. The van der Waals surface area contributed by atoms with Crippen LogP contribution in [0.15, 0.2) is 102 Å². The van der Waals surface area contributed by atoms with Crippen molar-refractivity contribution in [2.75, 3.05) is 0 Å². The molecule has 29 heavy (non-hydrogen) atoms. The zero-order valence-electron chi connectivity index (χ0n) is 16.1. The lowest BCUT2D eigenvalue weighted by Gasteiger charge is -2.13. The van der Waals surface area contributed by atoms with Gasteiger partial charge in [0.15, 0.2) is 5.82 Å². The average Bonchev–Trinajstić information content (AvgIpc) is 3.44. The van der Waals surface area contributed by atoms with E-state index in [4.69, 9.17) is 4.98 Å². The van der Waals surface area contributed by atoms with Crippen molar-refractivity contribution < 1.29 is 0 Å². The molecule has 5 aromatic rings. The van der Waals surface area contributed by atoms with Crippen LogP contribution in [0.2, 0.25) is 0 Å². The van der Waals surface area contributed by atoms with Crippen molar-refractivity contribution in [1.29, 1.82) is 0 Å². The largest absolute Gasteiger partial charge is 0.291 e. The topological polar surface area (TPSA) is 17.8 Å². The van der Waals surface area contributed by atoms with E-state index in [0.717, 1.165) is 38.9 Å². The van der Waals surface area contributed by atoms with Crippen LogP contribution in [0.3, 0.4) is 0 Å². The van der Waals surface area contributed by atoms with Gasteiger partial charge in [-0.05, 0) is 30.5 Å². The van der Waals surface area contributed by atoms with Crippen molar-refractivity contribution in [2.24, 2.45) is 0 Å². The molecule has 2 aromatic heterocycles. The Kier molecular flexibility index (Phi) is 4.59. The van der Waals surface area contributed by atoms with Gasteiger partial charge in [-0.3, -0.25) is 4.57 Å². The SMILES string of the molecule is Cc1ccc(-n2c(-c3cccs3)nc(-c3ccccc3)c2-c2ccccc2)cc1. The minimum Gasteiger partial charge on any atom is -0.291 e. The Morgan fingerprint density at radius 2 is 1.34 bits per heavy atom. The summed E-state index contributed by atoms with van der Waals surface area (Å²) in [6, 6.07) is 33.9. The standard InChI is InChI=1S/C26H20N2S/c1-19-14-16-22(17-15-19)28-25(21-11-6-3-7-12-21)24(20-9-4-2-5-10-20)27-26(28)23-13-8-18-29-23/h2-18H,1H3. The second-order valence-electron chi connectivity index (χ2n) is 7.01. The van der Waals surface area contributed by atoms with Gasteiger partial charge in [-0.15, -0.1) is 11.3 Å². The van der Waals surface area contributed by atoms with E-state index in [0.29, 0.717) is 0 Å². The van der Waals surface area contributed by atoms with Gasteiger partial charge in [-0.1, -0.05) is 84.4 Å². The molecule has 2 nitrogen and oxygen atoms in total. The lowest BCUT2D eigenvalue weighted by Crippen LogP contribution is -1.99. The van der Waals surface area contributed by atoms with E-state index in [9.17, 15) is 0 Å². The summed E-state index contributed by atoms with van der Waals surface area (Å²) in [7, 11) is 0. The van der Waals surface area contributed by atoms with Crippen LogP contribution in [0.1, 0.15) is 5.56 Å². The molecule has 5 rings (SSSR count). The highest BCUT2D eigenvalue weighted by molar-refractivity contribution is 7.13. The van der Waals surface area contributed by atoms with Gasteiger partial charge in [-0.2, -0.15) is 0 Å². The minimum absolute atomic E-state index is 0.974. The fourth-order valence-corrected chi connectivity index (χ4v) is 4.30. The molecular formula is C26H20N2S. The first kappa shape index (κ1) is 17.7. The number of nitrogens with zero attached hydrogens (tertiary/aromatic N) is 2. The number of aryl methyl sites for hydroxylation is 1. The summed E-state index contributed by atoms with van der Waals surface area (Å²) in [4.78, 5) is 6.33. The van der Waals surface area contributed by atoms with E-state index in [1.807, 2.05) is 6.07 Å². The number of imidazole rings is 1. The number of thiophene rings is 1. The van der Waals surface area contributed by atoms with Crippen LogP contribution in [0.4, 0.5) is 0 Å². The van der Waals surface area contributed by atoms with Gasteiger partial charge in [0, 0.05) is 16.8 Å². The Labute approximate surface area is 174 Å². The van der Waals surface area contributed by atoms with Crippen LogP contribution in [-0.2, 0) is 0 Å². The fraction of sp³-hybridized carbons (Fsp3) is 0.0385. The normalized spacial score (nSPS) is 10.9. The molecule has 2 heterocycles. The Morgan fingerprint density at radius 3 is 1.97 bits per heavy atom. The zero-order valence-corrected chi connectivity index (χ0v) is 16.9. The third kappa shape index (κ3) is 3.30. The molecule has 0 aliphatic carbocycles. The monoisotopic (exact) mass is 392 g/mol. The quantitative estimate of drug-likeness (QED) is 0.315. The summed E-state index contributed by atoms with van der Waals surface area (Å²) in [5.41, 5.74) is 6.76. The van der Waals surface area contributed by atoms with Gasteiger partial charge in [-0.25, -0.2) is 4.98 Å². The summed E-state index contributed by atoms with van der Waals surface area (Å²) < 4.78 is 2.29. The fourth-order valence-electron chi connectivity index (χ4n) is 3.60. The van der Waals surface area contributed by atoms with Crippen LogP contribution in [-0.4, -0.2) is 9.55 Å². The molecule has 0 aliphatic heterocycles. The molecule has 3 heteroatoms. The molecule has 0 N–H and O–H groups in total. The van der Waals surface area contributed by atoms with Crippen LogP contribution in [0.25, 0.3) is 38.9 Å². The van der Waals surface area contributed by atoms with E-state index in [1.165, 1.54) is 5.56 Å². The first-order valence-corrected chi connectivity index (χ1v) is 10.5. The second kappa shape index (κ2) is 7.53. The Bertz CT molecular complexity index is 1220. The maximum absolute atomic E-state index is 5.17. The molecule has 140 valence electrons. The molecule has 0 atom stereocenters. The number of hydrogen-bond donors (Lipinski definition) is 0. The van der Waals surface area contributed by atoms with Crippen LogP contribution in [0, 0.1) is 6.92 Å².